The van der Waals surface area contributed by atoms with Crippen molar-refractivity contribution in [3.05, 3.63) is 52.4 Å². The third kappa shape index (κ3) is 3.69. The van der Waals surface area contributed by atoms with Crippen LogP contribution in [0.5, 0.6) is 0 Å². The Kier molecular flexibility index (Phi) is 4.42. The van der Waals surface area contributed by atoms with E-state index in [1.165, 1.54) is 5.56 Å². The summed E-state index contributed by atoms with van der Waals surface area (Å²) < 4.78 is 8.26. The average molecular weight is 429 g/mol. The molecule has 1 aliphatic rings. The van der Waals surface area contributed by atoms with Gasteiger partial charge in [-0.05, 0) is 78.5 Å². The summed E-state index contributed by atoms with van der Waals surface area (Å²) in [5.74, 6) is 0. The van der Waals surface area contributed by atoms with Gasteiger partial charge in [0.05, 0.1) is 0 Å². The highest BCUT2D eigenvalue weighted by molar-refractivity contribution is 9.10. The second-order valence-electron chi connectivity index (χ2n) is 7.70. The topological polar surface area (TPSA) is 60.2 Å². The maximum Gasteiger partial charge on any atom is 0.410 e. The van der Waals surface area contributed by atoms with E-state index in [2.05, 4.69) is 44.1 Å². The summed E-state index contributed by atoms with van der Waals surface area (Å²) in [5, 5.41) is 0. The molecule has 0 unspecified atom stereocenters. The third-order valence-electron chi connectivity index (χ3n) is 4.49. The standard InChI is InChI=1S/C20H21BrN4O2/c1-20(2,3)27-19(26)24-9-8-13-4-5-15(10-14(13)11-24)25-12-22-16-6-7-17(21)23-18(16)25/h4-7,10,12H,8-9,11H2,1-3H3. The molecule has 0 spiro atoms. The molecule has 1 aromatic carbocycles. The summed E-state index contributed by atoms with van der Waals surface area (Å²) in [6.07, 6.45) is 2.33. The molecule has 0 fully saturated rings. The van der Waals surface area contributed by atoms with E-state index in [1.54, 1.807) is 11.2 Å². The van der Waals surface area contributed by atoms with Gasteiger partial charge < -0.3 is 9.64 Å². The summed E-state index contributed by atoms with van der Waals surface area (Å²) in [6, 6.07) is 10.1. The Hall–Kier alpha value is -2.41. The zero-order chi connectivity index (χ0) is 19.2. The largest absolute Gasteiger partial charge is 0.444 e. The van der Waals surface area contributed by atoms with Gasteiger partial charge in [-0.15, -0.1) is 0 Å². The van der Waals surface area contributed by atoms with E-state index in [-0.39, 0.29) is 6.09 Å². The Morgan fingerprint density at radius 1 is 1.19 bits per heavy atom. The summed E-state index contributed by atoms with van der Waals surface area (Å²) in [6.45, 7) is 6.87. The molecule has 1 amide bonds. The number of pyridine rings is 1. The lowest BCUT2D eigenvalue weighted by Gasteiger charge is -2.31. The van der Waals surface area contributed by atoms with Gasteiger partial charge in [-0.2, -0.15) is 0 Å². The second-order valence-corrected chi connectivity index (χ2v) is 8.51. The smallest absolute Gasteiger partial charge is 0.410 e. The number of amides is 1. The fourth-order valence-electron chi connectivity index (χ4n) is 3.24. The molecule has 4 rings (SSSR count). The predicted octanol–water partition coefficient (Wildman–Crippen LogP) is 4.48. The highest BCUT2D eigenvalue weighted by Gasteiger charge is 2.26. The van der Waals surface area contributed by atoms with Gasteiger partial charge in [-0.1, -0.05) is 6.07 Å². The lowest BCUT2D eigenvalue weighted by Crippen LogP contribution is -2.39. The van der Waals surface area contributed by atoms with E-state index in [0.717, 1.165) is 33.4 Å². The molecule has 1 aliphatic heterocycles. The zero-order valence-electron chi connectivity index (χ0n) is 15.6. The molecule has 27 heavy (non-hydrogen) atoms. The molecule has 7 heteroatoms. The van der Waals surface area contributed by atoms with Crippen LogP contribution in [0.25, 0.3) is 16.9 Å². The van der Waals surface area contributed by atoms with E-state index < -0.39 is 5.60 Å². The molecule has 0 saturated heterocycles. The highest BCUT2D eigenvalue weighted by atomic mass is 79.9. The normalized spacial score (nSPS) is 14.3. The molecule has 3 aromatic rings. The second kappa shape index (κ2) is 6.64. The number of imidazole rings is 1. The Morgan fingerprint density at radius 2 is 2.00 bits per heavy atom. The molecular weight excluding hydrogens is 408 g/mol. The number of fused-ring (bicyclic) bond motifs is 2. The number of ether oxygens (including phenoxy) is 1. The Labute approximate surface area is 166 Å². The van der Waals surface area contributed by atoms with Crippen LogP contribution in [0.15, 0.2) is 41.3 Å². The van der Waals surface area contributed by atoms with E-state index in [9.17, 15) is 4.79 Å². The molecule has 0 bridgehead atoms. The molecular formula is C20H21BrN4O2. The number of nitrogens with zero attached hydrogens (tertiary/aromatic N) is 4. The van der Waals surface area contributed by atoms with Gasteiger partial charge in [-0.25, -0.2) is 14.8 Å². The van der Waals surface area contributed by atoms with E-state index in [1.807, 2.05) is 37.5 Å². The van der Waals surface area contributed by atoms with Crippen molar-refractivity contribution in [3.63, 3.8) is 0 Å². The number of carbonyl (C=O) groups excluding carboxylic acids is 1. The van der Waals surface area contributed by atoms with Crippen molar-refractivity contribution in [1.82, 2.24) is 19.4 Å². The van der Waals surface area contributed by atoms with Crippen LogP contribution in [-0.2, 0) is 17.7 Å². The Morgan fingerprint density at radius 3 is 2.78 bits per heavy atom. The van der Waals surface area contributed by atoms with Crippen molar-refractivity contribution >= 4 is 33.2 Å². The Bertz CT molecular complexity index is 1020. The van der Waals surface area contributed by atoms with Crippen LogP contribution in [0.1, 0.15) is 31.9 Å². The van der Waals surface area contributed by atoms with Crippen molar-refractivity contribution in [2.45, 2.75) is 39.3 Å². The summed E-state index contributed by atoms with van der Waals surface area (Å²) in [7, 11) is 0. The van der Waals surface area contributed by atoms with Gasteiger partial charge in [0, 0.05) is 18.8 Å². The first-order valence-electron chi connectivity index (χ1n) is 8.90. The molecule has 140 valence electrons. The molecule has 0 radical (unpaired) electrons. The SMILES string of the molecule is CC(C)(C)OC(=O)N1CCc2ccc(-n3cnc4ccc(Br)nc43)cc2C1. The number of rotatable bonds is 1. The first-order valence-corrected chi connectivity index (χ1v) is 9.69. The third-order valence-corrected chi connectivity index (χ3v) is 4.93. The maximum absolute atomic E-state index is 12.4. The number of carbonyl (C=O) groups is 1. The molecule has 0 aliphatic carbocycles. The van der Waals surface area contributed by atoms with Crippen molar-refractivity contribution in [3.8, 4) is 5.69 Å². The number of halogens is 1. The lowest BCUT2D eigenvalue weighted by atomic mass is 9.99. The van der Waals surface area contributed by atoms with E-state index in [4.69, 9.17) is 4.74 Å². The number of hydrogen-bond donors (Lipinski definition) is 0. The van der Waals surface area contributed by atoms with E-state index >= 15 is 0 Å². The van der Waals surface area contributed by atoms with Gasteiger partial charge in [-0.3, -0.25) is 4.57 Å². The van der Waals surface area contributed by atoms with Crippen LogP contribution in [0.4, 0.5) is 4.79 Å². The minimum atomic E-state index is -0.492. The molecule has 0 N–H and O–H groups in total. The molecule has 2 aromatic heterocycles. The number of aromatic nitrogens is 3. The van der Waals surface area contributed by atoms with Gasteiger partial charge >= 0.3 is 6.09 Å². The molecule has 6 nitrogen and oxygen atoms in total. The zero-order valence-corrected chi connectivity index (χ0v) is 17.2. The number of hydrogen-bond acceptors (Lipinski definition) is 4. The lowest BCUT2D eigenvalue weighted by molar-refractivity contribution is 0.0224. The van der Waals surface area contributed by atoms with Crippen LogP contribution in [0.2, 0.25) is 0 Å². The maximum atomic E-state index is 12.4. The van der Waals surface area contributed by atoms with Crippen LogP contribution in [0.3, 0.4) is 0 Å². The quantitative estimate of drug-likeness (QED) is 0.536. The predicted molar refractivity (Wildman–Crippen MR) is 107 cm³/mol. The van der Waals surface area contributed by atoms with Gasteiger partial charge in [0.1, 0.15) is 22.0 Å². The van der Waals surface area contributed by atoms with Crippen molar-refractivity contribution in [1.29, 1.82) is 0 Å². The summed E-state index contributed by atoms with van der Waals surface area (Å²) >= 11 is 3.42. The minimum absolute atomic E-state index is 0.266. The minimum Gasteiger partial charge on any atom is -0.444 e. The van der Waals surface area contributed by atoms with Crippen LogP contribution < -0.4 is 0 Å². The monoisotopic (exact) mass is 428 g/mol. The number of benzene rings is 1. The molecule has 0 saturated carbocycles. The van der Waals surface area contributed by atoms with Gasteiger partial charge in [0.2, 0.25) is 0 Å². The van der Waals surface area contributed by atoms with Crippen molar-refractivity contribution in [2.75, 3.05) is 6.54 Å². The van der Waals surface area contributed by atoms with Gasteiger partial charge in [0.15, 0.2) is 5.65 Å². The van der Waals surface area contributed by atoms with Crippen molar-refractivity contribution in [2.24, 2.45) is 0 Å². The van der Waals surface area contributed by atoms with Crippen LogP contribution in [-0.4, -0.2) is 37.7 Å². The first-order chi connectivity index (χ1) is 12.8. The van der Waals surface area contributed by atoms with E-state index in [0.29, 0.717) is 13.1 Å². The highest BCUT2D eigenvalue weighted by Crippen LogP contribution is 2.25. The Balaban J connectivity index is 1.65. The van der Waals surface area contributed by atoms with Crippen LogP contribution in [0, 0.1) is 0 Å². The fourth-order valence-corrected chi connectivity index (χ4v) is 3.54. The summed E-state index contributed by atoms with van der Waals surface area (Å²) in [5.41, 5.74) is 4.51. The molecule has 0 atom stereocenters. The molecule has 3 heterocycles. The average Bonchev–Trinajstić information content (AvgIpc) is 3.02. The van der Waals surface area contributed by atoms with Gasteiger partial charge in [0.25, 0.3) is 0 Å². The summed E-state index contributed by atoms with van der Waals surface area (Å²) in [4.78, 5) is 23.2. The first kappa shape index (κ1) is 18.0. The fraction of sp³-hybridized carbons (Fsp3) is 0.350. The van der Waals surface area contributed by atoms with Crippen LogP contribution >= 0.6 is 15.9 Å². The van der Waals surface area contributed by atoms with Crippen molar-refractivity contribution < 1.29 is 9.53 Å².